The molecular weight excluding hydrogens is 592 g/mol. The van der Waals surface area contributed by atoms with Gasteiger partial charge in [0, 0.05) is 21.1 Å². The summed E-state index contributed by atoms with van der Waals surface area (Å²) in [6, 6.07) is 28.1. The fourth-order valence-corrected chi connectivity index (χ4v) is 2.53. The standard InChI is InChI=1S/3C10H11O.W/c3*1-8(2)10(11)9-6-4-3-5-7-9;/h3*3-7,11H,1H2,2H3;/q3*-3;. The fraction of sp³-hybridized carbons (Fsp3) is 0.100. The molecule has 0 atom stereocenters. The molecule has 0 unspecified atom stereocenters. The number of aliphatic hydroxyl groups is 3. The monoisotopic (exact) mass is 625 g/mol. The van der Waals surface area contributed by atoms with Crippen LogP contribution in [0.3, 0.4) is 0 Å². The summed E-state index contributed by atoms with van der Waals surface area (Å²) in [6.07, 6.45) is 0.807. The first-order valence-electron chi connectivity index (χ1n) is 10.5. The Balaban J connectivity index is 0.000000473. The van der Waals surface area contributed by atoms with Gasteiger partial charge in [-0.25, -0.2) is 39.1 Å². The average Bonchev–Trinajstić information content (AvgIpc) is 2.84. The molecule has 0 aromatic heterocycles. The third kappa shape index (κ3) is 11.8. The Kier molecular flexibility index (Phi) is 16.2. The average molecular weight is 625 g/mol. The van der Waals surface area contributed by atoms with Crippen molar-refractivity contribution in [3.8, 4) is 0 Å². The molecule has 0 saturated heterocycles. The molecule has 0 radical (unpaired) electrons. The van der Waals surface area contributed by atoms with Gasteiger partial charge in [0.2, 0.25) is 0 Å². The first-order valence-corrected chi connectivity index (χ1v) is 10.5. The Hall–Kier alpha value is -2.16. The van der Waals surface area contributed by atoms with E-state index in [1.807, 2.05) is 91.0 Å². The van der Waals surface area contributed by atoms with Crippen LogP contribution in [0, 0.1) is 56.8 Å². The molecule has 34 heavy (non-hydrogen) atoms. The quantitative estimate of drug-likeness (QED) is 0.256. The third-order valence-electron chi connectivity index (χ3n) is 4.35. The number of rotatable bonds is 6. The van der Waals surface area contributed by atoms with Crippen LogP contribution in [0.4, 0.5) is 0 Å². The van der Waals surface area contributed by atoms with Gasteiger partial charge in [0.05, 0.1) is 0 Å². The molecule has 3 aromatic carbocycles. The minimum atomic E-state index is 0. The second-order valence-electron chi connectivity index (χ2n) is 7.48. The molecule has 0 aliphatic rings. The maximum atomic E-state index is 9.41. The first kappa shape index (κ1) is 31.8. The second kappa shape index (κ2) is 17.3. The van der Waals surface area contributed by atoms with Crippen molar-refractivity contribution < 1.29 is 36.4 Å². The van der Waals surface area contributed by atoms with Crippen molar-refractivity contribution in [2.75, 3.05) is 0 Å². The Morgan fingerprint density at radius 3 is 0.765 bits per heavy atom. The molecule has 3 nitrogen and oxygen atoms in total. The van der Waals surface area contributed by atoms with E-state index < -0.39 is 0 Å². The summed E-state index contributed by atoms with van der Waals surface area (Å²) in [5.41, 5.74) is 2.46. The SMILES string of the molecule is [CH2-][C-](C)[C-](O)c1ccccc1.[CH2-][C-](C)[C-](O)c1ccccc1.[CH2-][C-](C)[C-](O)c1ccccc1.[W]. The third-order valence-corrected chi connectivity index (χ3v) is 4.35. The molecule has 0 bridgehead atoms. The smallest absolute Gasteiger partial charge is 0 e. The Morgan fingerprint density at radius 1 is 0.441 bits per heavy atom. The predicted molar refractivity (Wildman–Crippen MR) is 135 cm³/mol. The van der Waals surface area contributed by atoms with E-state index in [9.17, 15) is 15.3 Å². The van der Waals surface area contributed by atoms with Crippen LogP contribution in [0.5, 0.6) is 0 Å². The summed E-state index contributed by atoms with van der Waals surface area (Å²) in [7, 11) is 0. The van der Waals surface area contributed by atoms with Crippen LogP contribution in [0.15, 0.2) is 91.0 Å². The van der Waals surface area contributed by atoms with Crippen molar-refractivity contribution >= 4 is 0 Å². The van der Waals surface area contributed by atoms with Crippen LogP contribution in [-0.4, -0.2) is 15.3 Å². The normalized spacial score (nSPS) is 9.88. The van der Waals surface area contributed by atoms with E-state index in [0.717, 1.165) is 16.7 Å². The van der Waals surface area contributed by atoms with Crippen molar-refractivity contribution in [1.29, 1.82) is 0 Å². The Bertz CT molecular complexity index is 734. The van der Waals surface area contributed by atoms with Gasteiger partial charge in [-0.15, -0.1) is 36.4 Å². The predicted octanol–water partition coefficient (Wildman–Crippen LogP) is 7.10. The summed E-state index contributed by atoms with van der Waals surface area (Å²) in [5, 5.41) is 28.2. The van der Waals surface area contributed by atoms with Gasteiger partial charge in [0.1, 0.15) is 0 Å². The van der Waals surface area contributed by atoms with E-state index in [-0.39, 0.29) is 39.4 Å². The zero-order valence-corrected chi connectivity index (χ0v) is 23.0. The van der Waals surface area contributed by atoms with E-state index in [1.54, 1.807) is 20.8 Å². The molecule has 0 amide bonds. The largest absolute Gasteiger partial charge is 0.513 e. The van der Waals surface area contributed by atoms with Gasteiger partial charge < -0.3 is 53.8 Å². The van der Waals surface area contributed by atoms with Crippen LogP contribution in [-0.2, 0) is 21.1 Å². The molecule has 0 saturated carbocycles. The van der Waals surface area contributed by atoms with E-state index in [0.29, 0.717) is 17.8 Å². The zero-order valence-electron chi connectivity index (χ0n) is 20.0. The number of hydrogen-bond acceptors (Lipinski definition) is 3. The summed E-state index contributed by atoms with van der Waals surface area (Å²) >= 11 is 0. The molecule has 0 aliphatic carbocycles. The Morgan fingerprint density at radius 2 is 0.618 bits per heavy atom. The maximum Gasteiger partial charge on any atom is 0 e. The summed E-state index contributed by atoms with van der Waals surface area (Å²) < 4.78 is 0. The van der Waals surface area contributed by atoms with Crippen LogP contribution < -0.4 is 0 Å². The molecule has 0 spiro atoms. The molecule has 3 aromatic rings. The molecule has 0 fully saturated rings. The summed E-state index contributed by atoms with van der Waals surface area (Å²) in [5.74, 6) is 2.07. The maximum absolute atomic E-state index is 9.41. The number of benzene rings is 3. The topological polar surface area (TPSA) is 60.7 Å². The van der Waals surface area contributed by atoms with Gasteiger partial charge in [-0.1, -0.05) is 18.2 Å². The van der Waals surface area contributed by atoms with E-state index in [1.165, 1.54) is 0 Å². The van der Waals surface area contributed by atoms with E-state index in [4.69, 9.17) is 0 Å². The summed E-state index contributed by atoms with van der Waals surface area (Å²) in [6.45, 7) is 16.3. The van der Waals surface area contributed by atoms with Gasteiger partial charge in [0.15, 0.2) is 0 Å². The Labute approximate surface area is 221 Å². The fourth-order valence-electron chi connectivity index (χ4n) is 2.53. The zero-order chi connectivity index (χ0) is 24.8. The van der Waals surface area contributed by atoms with Crippen molar-refractivity contribution in [2.24, 2.45) is 0 Å². The molecule has 3 N–H and O–H groups in total. The molecule has 3 rings (SSSR count). The molecule has 0 aliphatic heterocycles. The van der Waals surface area contributed by atoms with Crippen LogP contribution in [0.2, 0.25) is 0 Å². The molecule has 0 heterocycles. The van der Waals surface area contributed by atoms with Gasteiger partial charge in [0.25, 0.3) is 0 Å². The van der Waals surface area contributed by atoms with Crippen molar-refractivity contribution in [2.45, 2.75) is 20.8 Å². The molecular formula is C30H33O3W-9. The van der Waals surface area contributed by atoms with Crippen molar-refractivity contribution in [1.82, 2.24) is 0 Å². The van der Waals surface area contributed by atoms with Gasteiger partial charge in [-0.05, 0) is 0 Å². The van der Waals surface area contributed by atoms with E-state index in [2.05, 4.69) is 20.8 Å². The van der Waals surface area contributed by atoms with Crippen LogP contribution in [0.1, 0.15) is 37.5 Å². The van der Waals surface area contributed by atoms with Crippen LogP contribution in [0.25, 0.3) is 0 Å². The minimum absolute atomic E-state index is 0. The number of hydrogen-bond donors (Lipinski definition) is 3. The number of aliphatic hydroxyl groups excluding tert-OH is 3. The van der Waals surface area contributed by atoms with Gasteiger partial charge in [-0.2, -0.15) is 53.1 Å². The van der Waals surface area contributed by atoms with Crippen molar-refractivity contribution in [3.05, 3.63) is 165 Å². The molecule has 186 valence electrons. The molecule has 4 heteroatoms. The van der Waals surface area contributed by atoms with Crippen molar-refractivity contribution in [3.63, 3.8) is 0 Å². The van der Waals surface area contributed by atoms with Gasteiger partial charge >= 0.3 is 0 Å². The van der Waals surface area contributed by atoms with E-state index >= 15 is 0 Å². The minimum Gasteiger partial charge on any atom is -0.513 e. The van der Waals surface area contributed by atoms with Crippen LogP contribution >= 0.6 is 0 Å². The van der Waals surface area contributed by atoms with Gasteiger partial charge in [-0.3, -0.25) is 0 Å². The summed E-state index contributed by atoms with van der Waals surface area (Å²) in [4.78, 5) is 0. The first-order chi connectivity index (χ1) is 15.6. The second-order valence-corrected chi connectivity index (χ2v) is 7.48.